The molecule has 0 saturated carbocycles. The van der Waals surface area contributed by atoms with Gasteiger partial charge >= 0.3 is 6.09 Å². The molecule has 2 N–H and O–H groups in total. The minimum absolute atomic E-state index is 0.266. The molecule has 0 spiro atoms. The van der Waals surface area contributed by atoms with Crippen LogP contribution in [0.1, 0.15) is 31.9 Å². The Balaban J connectivity index is 1.85. The largest absolute Gasteiger partial charge is 0.444 e. The minimum Gasteiger partial charge on any atom is -0.444 e. The molecule has 6 heteroatoms. The first-order chi connectivity index (χ1) is 11.2. The maximum Gasteiger partial charge on any atom is 0.410 e. The van der Waals surface area contributed by atoms with Crippen molar-refractivity contribution in [1.29, 1.82) is 0 Å². The van der Waals surface area contributed by atoms with Gasteiger partial charge in [-0.25, -0.2) is 9.79 Å². The van der Waals surface area contributed by atoms with Crippen LogP contribution in [-0.2, 0) is 11.3 Å². The van der Waals surface area contributed by atoms with Gasteiger partial charge in [0, 0.05) is 26.2 Å². The van der Waals surface area contributed by atoms with Crippen LogP contribution < -0.4 is 5.73 Å². The second-order valence-corrected chi connectivity index (χ2v) is 7.12. The molecule has 1 saturated heterocycles. The van der Waals surface area contributed by atoms with Crippen molar-refractivity contribution in [2.24, 2.45) is 10.7 Å². The van der Waals surface area contributed by atoms with Gasteiger partial charge in [-0.2, -0.15) is 0 Å². The molecule has 1 aliphatic heterocycles. The number of aryl methyl sites for hydroxylation is 1. The predicted molar refractivity (Wildman–Crippen MR) is 95.9 cm³/mol. The topological polar surface area (TPSA) is 71.2 Å². The van der Waals surface area contributed by atoms with Crippen LogP contribution in [0.2, 0.25) is 0 Å². The van der Waals surface area contributed by atoms with E-state index in [0.29, 0.717) is 38.7 Å². The summed E-state index contributed by atoms with van der Waals surface area (Å²) in [6, 6.07) is 8.24. The second kappa shape index (κ2) is 7.55. The fourth-order valence-electron chi connectivity index (χ4n) is 2.53. The van der Waals surface area contributed by atoms with Crippen LogP contribution in [0.15, 0.2) is 29.3 Å². The number of benzene rings is 1. The number of carbonyl (C=O) groups is 1. The van der Waals surface area contributed by atoms with Crippen molar-refractivity contribution in [1.82, 2.24) is 9.80 Å². The van der Waals surface area contributed by atoms with Gasteiger partial charge < -0.3 is 20.3 Å². The van der Waals surface area contributed by atoms with Gasteiger partial charge in [-0.15, -0.1) is 0 Å². The Bertz CT molecular complexity index is 599. The molecule has 0 bridgehead atoms. The third-order valence-electron chi connectivity index (χ3n) is 3.76. The fourth-order valence-corrected chi connectivity index (χ4v) is 2.53. The minimum atomic E-state index is -0.470. The van der Waals surface area contributed by atoms with E-state index in [0.717, 1.165) is 5.56 Å². The molecule has 0 aliphatic carbocycles. The lowest BCUT2D eigenvalue weighted by molar-refractivity contribution is 0.0186. The Morgan fingerprint density at radius 2 is 1.83 bits per heavy atom. The average molecular weight is 332 g/mol. The monoisotopic (exact) mass is 332 g/mol. The highest BCUT2D eigenvalue weighted by molar-refractivity contribution is 5.78. The molecular weight excluding hydrogens is 304 g/mol. The predicted octanol–water partition coefficient (Wildman–Crippen LogP) is 2.36. The van der Waals surface area contributed by atoms with Crippen LogP contribution in [-0.4, -0.2) is 53.6 Å². The summed E-state index contributed by atoms with van der Waals surface area (Å²) < 4.78 is 5.40. The first-order valence-electron chi connectivity index (χ1n) is 8.33. The lowest BCUT2D eigenvalue weighted by atomic mass is 10.1. The lowest BCUT2D eigenvalue weighted by Crippen LogP contribution is -2.53. The van der Waals surface area contributed by atoms with Crippen LogP contribution in [0.25, 0.3) is 0 Å². The molecule has 6 nitrogen and oxygen atoms in total. The summed E-state index contributed by atoms with van der Waals surface area (Å²) in [6.45, 7) is 10.8. The van der Waals surface area contributed by atoms with Crippen molar-refractivity contribution < 1.29 is 9.53 Å². The number of nitrogens with two attached hydrogens (primary N) is 1. The number of hydrogen-bond acceptors (Lipinski definition) is 3. The third kappa shape index (κ3) is 5.44. The van der Waals surface area contributed by atoms with E-state index >= 15 is 0 Å². The Hall–Kier alpha value is -2.24. The number of hydrogen-bond donors (Lipinski definition) is 1. The molecule has 1 fully saturated rings. The quantitative estimate of drug-likeness (QED) is 0.667. The molecule has 0 radical (unpaired) electrons. The zero-order valence-corrected chi connectivity index (χ0v) is 15.1. The number of nitrogens with zero attached hydrogens (tertiary/aromatic N) is 3. The maximum atomic E-state index is 12.1. The summed E-state index contributed by atoms with van der Waals surface area (Å²) >= 11 is 0. The van der Waals surface area contributed by atoms with Gasteiger partial charge in [-0.05, 0) is 33.3 Å². The van der Waals surface area contributed by atoms with E-state index in [-0.39, 0.29) is 6.09 Å². The van der Waals surface area contributed by atoms with E-state index < -0.39 is 5.60 Å². The van der Waals surface area contributed by atoms with E-state index in [2.05, 4.69) is 24.0 Å². The molecule has 0 unspecified atom stereocenters. The van der Waals surface area contributed by atoms with Crippen molar-refractivity contribution in [3.63, 3.8) is 0 Å². The van der Waals surface area contributed by atoms with Gasteiger partial charge in [-0.3, -0.25) is 0 Å². The molecule has 1 aromatic rings. The Kier molecular flexibility index (Phi) is 5.70. The van der Waals surface area contributed by atoms with E-state index in [1.165, 1.54) is 5.56 Å². The smallest absolute Gasteiger partial charge is 0.410 e. The van der Waals surface area contributed by atoms with Crippen molar-refractivity contribution in [2.75, 3.05) is 26.2 Å². The van der Waals surface area contributed by atoms with Gasteiger partial charge in [-0.1, -0.05) is 29.8 Å². The van der Waals surface area contributed by atoms with Crippen LogP contribution in [0.4, 0.5) is 4.79 Å². The number of amides is 1. The molecule has 1 heterocycles. The van der Waals surface area contributed by atoms with Gasteiger partial charge in [0.15, 0.2) is 5.96 Å². The Morgan fingerprint density at radius 3 is 2.42 bits per heavy atom. The molecule has 0 aromatic heterocycles. The summed E-state index contributed by atoms with van der Waals surface area (Å²) in [7, 11) is 0. The van der Waals surface area contributed by atoms with Gasteiger partial charge in [0.1, 0.15) is 5.60 Å². The van der Waals surface area contributed by atoms with Crippen molar-refractivity contribution in [2.45, 2.75) is 39.8 Å². The summed E-state index contributed by atoms with van der Waals surface area (Å²) in [5, 5.41) is 0. The first-order valence-corrected chi connectivity index (χ1v) is 8.33. The molecule has 1 aliphatic rings. The van der Waals surface area contributed by atoms with E-state index in [9.17, 15) is 4.79 Å². The van der Waals surface area contributed by atoms with Gasteiger partial charge in [0.05, 0.1) is 6.54 Å². The highest BCUT2D eigenvalue weighted by atomic mass is 16.6. The van der Waals surface area contributed by atoms with Crippen LogP contribution in [0.5, 0.6) is 0 Å². The van der Waals surface area contributed by atoms with Crippen molar-refractivity contribution >= 4 is 12.1 Å². The average Bonchev–Trinajstić information content (AvgIpc) is 2.51. The number of rotatable bonds is 2. The second-order valence-electron chi connectivity index (χ2n) is 7.12. The molecular formula is C18H28N4O2. The molecule has 132 valence electrons. The first kappa shape index (κ1) is 18.1. The highest BCUT2D eigenvalue weighted by Crippen LogP contribution is 2.12. The lowest BCUT2D eigenvalue weighted by Gasteiger charge is -2.36. The standard InChI is InChI=1S/C18H28N4O2/c1-14-6-5-7-15(12-14)13-20-16(19)21-8-10-22(11-9-21)17(23)24-18(2,3)4/h5-7,12H,8-11,13H2,1-4H3,(H2,19,20). The maximum absolute atomic E-state index is 12.1. The molecule has 24 heavy (non-hydrogen) atoms. The highest BCUT2D eigenvalue weighted by Gasteiger charge is 2.26. The Morgan fingerprint density at radius 1 is 1.21 bits per heavy atom. The number of ether oxygens (including phenoxy) is 1. The van der Waals surface area contributed by atoms with Crippen molar-refractivity contribution in [3.8, 4) is 0 Å². The van der Waals surface area contributed by atoms with Crippen LogP contribution >= 0.6 is 0 Å². The fraction of sp³-hybridized carbons (Fsp3) is 0.556. The Labute approximate surface area is 144 Å². The summed E-state index contributed by atoms with van der Waals surface area (Å²) in [6.07, 6.45) is -0.266. The van der Waals surface area contributed by atoms with Gasteiger partial charge in [0.2, 0.25) is 0 Å². The summed E-state index contributed by atoms with van der Waals surface area (Å²) in [5.74, 6) is 0.528. The summed E-state index contributed by atoms with van der Waals surface area (Å²) in [5.41, 5.74) is 7.99. The molecule has 0 atom stereocenters. The summed E-state index contributed by atoms with van der Waals surface area (Å²) in [4.78, 5) is 20.3. The zero-order chi connectivity index (χ0) is 17.7. The van der Waals surface area contributed by atoms with Gasteiger partial charge in [0.25, 0.3) is 0 Å². The van der Waals surface area contributed by atoms with Crippen LogP contribution in [0, 0.1) is 6.92 Å². The zero-order valence-electron chi connectivity index (χ0n) is 15.1. The van der Waals surface area contributed by atoms with E-state index in [4.69, 9.17) is 10.5 Å². The molecule has 1 amide bonds. The number of guanidine groups is 1. The third-order valence-corrected chi connectivity index (χ3v) is 3.76. The number of aliphatic imine (C=N–C) groups is 1. The van der Waals surface area contributed by atoms with E-state index in [1.807, 2.05) is 37.8 Å². The molecule has 1 aromatic carbocycles. The SMILES string of the molecule is Cc1cccc(CN=C(N)N2CCN(C(=O)OC(C)(C)C)CC2)c1. The van der Waals surface area contributed by atoms with E-state index in [1.54, 1.807) is 4.90 Å². The number of piperazine rings is 1. The normalized spacial score (nSPS) is 16.2. The number of carbonyl (C=O) groups excluding carboxylic acids is 1. The van der Waals surface area contributed by atoms with Crippen molar-refractivity contribution in [3.05, 3.63) is 35.4 Å². The van der Waals surface area contributed by atoms with Crippen LogP contribution in [0.3, 0.4) is 0 Å². The molecule has 2 rings (SSSR count).